The van der Waals surface area contributed by atoms with Gasteiger partial charge in [-0.05, 0) is 46.5 Å². The average Bonchev–Trinajstić information content (AvgIpc) is 2.81. The number of ether oxygens (including phenoxy) is 2. The Balaban J connectivity index is 2.19. The van der Waals surface area contributed by atoms with Crippen LogP contribution in [-0.2, 0) is 9.47 Å². The highest BCUT2D eigenvalue weighted by Crippen LogP contribution is 2.49. The first-order valence-electron chi connectivity index (χ1n) is 6.53. The van der Waals surface area contributed by atoms with Gasteiger partial charge in [0.15, 0.2) is 6.29 Å². The molecule has 2 fully saturated rings. The van der Waals surface area contributed by atoms with Gasteiger partial charge in [-0.1, -0.05) is 0 Å². The standard InChI is InChI=1S/C13H23NO4/c1-12(2,3)18-11(16)14-9-5-7-13(14,8-6-9)10(15)17-4/h9-10,15H,5-8H2,1-4H3. The second kappa shape index (κ2) is 4.38. The highest BCUT2D eigenvalue weighted by molar-refractivity contribution is 5.71. The number of hydrogen-bond donors (Lipinski definition) is 1. The number of carbonyl (C=O) groups excluding carboxylic acids is 1. The minimum Gasteiger partial charge on any atom is -0.444 e. The van der Waals surface area contributed by atoms with Crippen molar-refractivity contribution in [3.8, 4) is 0 Å². The van der Waals surface area contributed by atoms with Gasteiger partial charge in [-0.2, -0.15) is 0 Å². The zero-order valence-corrected chi connectivity index (χ0v) is 11.6. The van der Waals surface area contributed by atoms with E-state index in [4.69, 9.17) is 9.47 Å². The molecule has 5 nitrogen and oxygen atoms in total. The molecule has 0 saturated carbocycles. The number of rotatable bonds is 2. The van der Waals surface area contributed by atoms with E-state index < -0.39 is 17.4 Å². The van der Waals surface area contributed by atoms with Gasteiger partial charge in [0.05, 0.1) is 5.54 Å². The summed E-state index contributed by atoms with van der Waals surface area (Å²) in [5.74, 6) is 0. The minimum atomic E-state index is -0.933. The van der Waals surface area contributed by atoms with Crippen LogP contribution in [0, 0.1) is 0 Å². The van der Waals surface area contributed by atoms with Gasteiger partial charge in [0.1, 0.15) is 5.60 Å². The fourth-order valence-electron chi connectivity index (χ4n) is 3.19. The van der Waals surface area contributed by atoms with E-state index in [0.29, 0.717) is 0 Å². The number of amides is 1. The summed E-state index contributed by atoms with van der Waals surface area (Å²) in [5.41, 5.74) is -1.10. The topological polar surface area (TPSA) is 59.0 Å². The molecule has 0 aliphatic carbocycles. The first-order valence-corrected chi connectivity index (χ1v) is 6.53. The van der Waals surface area contributed by atoms with Crippen molar-refractivity contribution < 1.29 is 19.4 Å². The van der Waals surface area contributed by atoms with Crippen molar-refractivity contribution >= 4 is 6.09 Å². The maximum absolute atomic E-state index is 12.3. The van der Waals surface area contributed by atoms with Crippen molar-refractivity contribution in [1.82, 2.24) is 4.90 Å². The van der Waals surface area contributed by atoms with Gasteiger partial charge in [0.25, 0.3) is 0 Å². The summed E-state index contributed by atoms with van der Waals surface area (Å²) in [4.78, 5) is 14.0. The Morgan fingerprint density at radius 2 is 1.94 bits per heavy atom. The first kappa shape index (κ1) is 13.6. The van der Waals surface area contributed by atoms with E-state index in [0.717, 1.165) is 25.7 Å². The summed E-state index contributed by atoms with van der Waals surface area (Å²) < 4.78 is 10.5. The van der Waals surface area contributed by atoms with E-state index in [9.17, 15) is 9.90 Å². The zero-order valence-electron chi connectivity index (χ0n) is 11.6. The van der Waals surface area contributed by atoms with Crippen LogP contribution in [0.4, 0.5) is 4.79 Å². The van der Waals surface area contributed by atoms with Crippen LogP contribution >= 0.6 is 0 Å². The molecular weight excluding hydrogens is 234 g/mol. The van der Waals surface area contributed by atoms with Crippen molar-refractivity contribution in [1.29, 1.82) is 0 Å². The molecule has 1 atom stereocenters. The molecular formula is C13H23NO4. The van der Waals surface area contributed by atoms with Crippen molar-refractivity contribution in [3.05, 3.63) is 0 Å². The molecule has 18 heavy (non-hydrogen) atoms. The summed E-state index contributed by atoms with van der Waals surface area (Å²) in [7, 11) is 1.47. The largest absolute Gasteiger partial charge is 0.444 e. The molecule has 2 saturated heterocycles. The van der Waals surface area contributed by atoms with E-state index in [1.54, 1.807) is 4.90 Å². The molecule has 2 heterocycles. The maximum Gasteiger partial charge on any atom is 0.411 e. The molecule has 2 aliphatic rings. The van der Waals surface area contributed by atoms with Crippen molar-refractivity contribution in [2.75, 3.05) is 7.11 Å². The Labute approximate surface area is 108 Å². The predicted molar refractivity (Wildman–Crippen MR) is 66.1 cm³/mol. The third-order valence-electron chi connectivity index (χ3n) is 3.94. The number of carbonyl (C=O) groups is 1. The summed E-state index contributed by atoms with van der Waals surface area (Å²) in [6, 6.07) is 0.185. The van der Waals surface area contributed by atoms with Crippen molar-refractivity contribution in [2.24, 2.45) is 0 Å². The lowest BCUT2D eigenvalue weighted by Gasteiger charge is -2.38. The Morgan fingerprint density at radius 3 is 2.39 bits per heavy atom. The normalized spacial score (nSPS) is 32.7. The van der Waals surface area contributed by atoms with Gasteiger partial charge in [0, 0.05) is 13.2 Å². The molecule has 1 N–H and O–H groups in total. The fraction of sp³-hybridized carbons (Fsp3) is 0.923. The molecule has 2 bridgehead atoms. The van der Waals surface area contributed by atoms with Gasteiger partial charge in [-0.25, -0.2) is 4.79 Å². The first-order chi connectivity index (χ1) is 8.30. The van der Waals surface area contributed by atoms with E-state index in [1.807, 2.05) is 20.8 Å². The van der Waals surface area contributed by atoms with Crippen LogP contribution in [0.5, 0.6) is 0 Å². The zero-order chi connectivity index (χ0) is 13.6. The fourth-order valence-corrected chi connectivity index (χ4v) is 3.19. The van der Waals surface area contributed by atoms with Gasteiger partial charge in [0.2, 0.25) is 0 Å². The second-order valence-electron chi connectivity index (χ2n) is 6.27. The van der Waals surface area contributed by atoms with Crippen LogP contribution in [0.25, 0.3) is 0 Å². The van der Waals surface area contributed by atoms with Crippen LogP contribution in [0.2, 0.25) is 0 Å². The van der Waals surface area contributed by atoms with Gasteiger partial charge >= 0.3 is 6.09 Å². The average molecular weight is 257 g/mol. The summed E-state index contributed by atoms with van der Waals surface area (Å²) in [6.45, 7) is 5.55. The third kappa shape index (κ3) is 2.10. The highest BCUT2D eigenvalue weighted by atomic mass is 16.6. The lowest BCUT2D eigenvalue weighted by molar-refractivity contribution is -0.154. The SMILES string of the molecule is COC(O)C12CCC(CC1)N2C(=O)OC(C)(C)C. The number of aliphatic hydroxyl groups is 1. The number of nitrogens with zero attached hydrogens (tertiary/aromatic N) is 1. The van der Waals surface area contributed by atoms with Crippen LogP contribution in [0.1, 0.15) is 46.5 Å². The summed E-state index contributed by atoms with van der Waals surface area (Å²) in [6.07, 6.45) is 2.13. The van der Waals surface area contributed by atoms with E-state index in [1.165, 1.54) is 7.11 Å². The smallest absolute Gasteiger partial charge is 0.411 e. The Hall–Kier alpha value is -0.810. The molecule has 0 spiro atoms. The monoisotopic (exact) mass is 257 g/mol. The molecule has 104 valence electrons. The van der Waals surface area contributed by atoms with Crippen molar-refractivity contribution in [2.45, 2.75) is 69.9 Å². The Kier molecular flexibility index (Phi) is 3.32. The van der Waals surface area contributed by atoms with Gasteiger partial charge in [-0.3, -0.25) is 4.90 Å². The van der Waals surface area contributed by atoms with Crippen LogP contribution < -0.4 is 0 Å². The molecule has 1 unspecified atom stereocenters. The lowest BCUT2D eigenvalue weighted by Crippen LogP contribution is -2.54. The number of methoxy groups -OCH3 is 1. The summed E-state index contributed by atoms with van der Waals surface area (Å²) in [5, 5.41) is 10.1. The van der Waals surface area contributed by atoms with Crippen LogP contribution in [-0.4, -0.2) is 46.7 Å². The quantitative estimate of drug-likeness (QED) is 0.767. The number of hydrogen-bond acceptors (Lipinski definition) is 4. The van der Waals surface area contributed by atoms with Gasteiger partial charge in [-0.15, -0.1) is 0 Å². The predicted octanol–water partition coefficient (Wildman–Crippen LogP) is 1.88. The van der Waals surface area contributed by atoms with Crippen molar-refractivity contribution in [3.63, 3.8) is 0 Å². The van der Waals surface area contributed by atoms with E-state index >= 15 is 0 Å². The second-order valence-corrected chi connectivity index (χ2v) is 6.27. The van der Waals surface area contributed by atoms with Crippen LogP contribution in [0.15, 0.2) is 0 Å². The minimum absolute atomic E-state index is 0.185. The van der Waals surface area contributed by atoms with E-state index in [2.05, 4.69) is 0 Å². The number of aliphatic hydroxyl groups excluding tert-OH is 1. The van der Waals surface area contributed by atoms with E-state index in [-0.39, 0.29) is 12.1 Å². The Bertz CT molecular complexity index is 328. The van der Waals surface area contributed by atoms with Crippen LogP contribution in [0.3, 0.4) is 0 Å². The molecule has 0 aromatic carbocycles. The highest BCUT2D eigenvalue weighted by Gasteiger charge is 2.59. The lowest BCUT2D eigenvalue weighted by atomic mass is 9.87. The molecule has 5 heteroatoms. The molecule has 1 amide bonds. The Morgan fingerprint density at radius 1 is 1.39 bits per heavy atom. The molecule has 0 aromatic rings. The molecule has 0 radical (unpaired) electrons. The third-order valence-corrected chi connectivity index (χ3v) is 3.94. The number of fused-ring (bicyclic) bond motifs is 2. The van der Waals surface area contributed by atoms with Gasteiger partial charge < -0.3 is 14.6 Å². The molecule has 0 aromatic heterocycles. The maximum atomic E-state index is 12.3. The molecule has 2 aliphatic heterocycles. The molecule has 2 rings (SSSR count). The summed E-state index contributed by atoms with van der Waals surface area (Å²) >= 11 is 0.